The van der Waals surface area contributed by atoms with Gasteiger partial charge >= 0.3 is 0 Å². The van der Waals surface area contributed by atoms with Gasteiger partial charge in [0.05, 0.1) is 48.5 Å². The summed E-state index contributed by atoms with van der Waals surface area (Å²) in [5.41, 5.74) is 4.39. The van der Waals surface area contributed by atoms with E-state index in [4.69, 9.17) is 14.2 Å². The molecule has 5 heterocycles. The van der Waals surface area contributed by atoms with E-state index in [0.717, 1.165) is 18.7 Å². The van der Waals surface area contributed by atoms with Crippen LogP contribution in [0, 0.1) is 6.92 Å². The van der Waals surface area contributed by atoms with Gasteiger partial charge < -0.3 is 28.8 Å². The number of amides is 2. The number of carbonyl (C=O) groups is 2. The molecule has 0 unspecified atom stereocenters. The molecule has 1 N–H and O–H groups in total. The van der Waals surface area contributed by atoms with E-state index in [1.807, 2.05) is 23.1 Å². The summed E-state index contributed by atoms with van der Waals surface area (Å²) in [5, 5.41) is 14.2. The van der Waals surface area contributed by atoms with Gasteiger partial charge in [0.2, 0.25) is 6.79 Å². The molecule has 3 aliphatic rings. The van der Waals surface area contributed by atoms with Crippen LogP contribution in [0.5, 0.6) is 17.2 Å². The topological polar surface area (TPSA) is 115 Å². The predicted molar refractivity (Wildman–Crippen MR) is 196 cm³/mol. The van der Waals surface area contributed by atoms with Crippen LogP contribution in [0.1, 0.15) is 37.5 Å². The number of phenols is 1. The van der Waals surface area contributed by atoms with Gasteiger partial charge in [-0.15, -0.1) is 0 Å². The van der Waals surface area contributed by atoms with Crippen LogP contribution in [0.4, 0.5) is 20.2 Å². The molecule has 1 fully saturated rings. The van der Waals surface area contributed by atoms with Crippen molar-refractivity contribution in [3.05, 3.63) is 107 Å². The molecule has 280 valence electrons. The summed E-state index contributed by atoms with van der Waals surface area (Å²) < 4.78 is 48.9. The van der Waals surface area contributed by atoms with Crippen molar-refractivity contribution in [2.24, 2.45) is 7.05 Å². The molecule has 3 aliphatic heterocycles. The molecule has 0 radical (unpaired) electrons. The fourth-order valence-corrected chi connectivity index (χ4v) is 7.64. The Hall–Kier alpha value is -5.73. The molecule has 0 aliphatic carbocycles. The minimum Gasteiger partial charge on any atom is -0.508 e. The van der Waals surface area contributed by atoms with Gasteiger partial charge in [0, 0.05) is 62.4 Å². The highest BCUT2D eigenvalue weighted by atomic mass is 19.3. The molecular weight excluding hydrogens is 698 g/mol. The number of fused-ring (bicyclic) bond motifs is 2. The quantitative estimate of drug-likeness (QED) is 0.203. The van der Waals surface area contributed by atoms with Crippen molar-refractivity contribution in [2.75, 3.05) is 44.5 Å². The van der Waals surface area contributed by atoms with Crippen LogP contribution in [-0.4, -0.2) is 93.2 Å². The number of aromatic nitrogens is 3. The number of aromatic hydroxyl groups is 1. The Kier molecular flexibility index (Phi) is 9.54. The van der Waals surface area contributed by atoms with Crippen LogP contribution < -0.4 is 14.4 Å². The average Bonchev–Trinajstić information content (AvgIpc) is 3.90. The molecular formula is C40H40F2N6O6. The van der Waals surface area contributed by atoms with Crippen molar-refractivity contribution in [3.63, 3.8) is 0 Å². The molecule has 12 nitrogen and oxygen atoms in total. The van der Waals surface area contributed by atoms with Crippen molar-refractivity contribution >= 4 is 23.2 Å². The normalized spacial score (nSPS) is 16.8. The number of anilines is 2. The number of ether oxygens (including phenoxy) is 3. The molecule has 8 rings (SSSR count). The van der Waals surface area contributed by atoms with Gasteiger partial charge in [-0.25, -0.2) is 8.78 Å². The number of nitrogens with zero attached hydrogens (tertiary/aromatic N) is 6. The van der Waals surface area contributed by atoms with E-state index in [-0.39, 0.29) is 47.0 Å². The number of benzene rings is 3. The lowest BCUT2D eigenvalue weighted by Crippen LogP contribution is -2.52. The van der Waals surface area contributed by atoms with E-state index in [9.17, 15) is 18.7 Å². The third-order valence-corrected chi connectivity index (χ3v) is 10.4. The summed E-state index contributed by atoms with van der Waals surface area (Å²) in [6.07, 6.45) is 1.07. The predicted octanol–water partition coefficient (Wildman–Crippen LogP) is 5.77. The van der Waals surface area contributed by atoms with E-state index >= 15 is 4.79 Å². The highest BCUT2D eigenvalue weighted by Gasteiger charge is 2.36. The van der Waals surface area contributed by atoms with E-state index in [1.54, 1.807) is 55.2 Å². The van der Waals surface area contributed by atoms with Gasteiger partial charge in [-0.2, -0.15) is 5.10 Å². The minimum absolute atomic E-state index is 0.0169. The van der Waals surface area contributed by atoms with Gasteiger partial charge in [0.25, 0.3) is 18.2 Å². The molecule has 5 aromatic rings. The summed E-state index contributed by atoms with van der Waals surface area (Å²) in [4.78, 5) is 35.3. The number of aryl methyl sites for hydroxylation is 1. The average molecular weight is 739 g/mol. The molecule has 14 heteroatoms. The first-order valence-corrected chi connectivity index (χ1v) is 17.9. The van der Waals surface area contributed by atoms with Crippen LogP contribution in [0.25, 0.3) is 11.3 Å². The highest BCUT2D eigenvalue weighted by molar-refractivity contribution is 6.12. The maximum Gasteiger partial charge on any atom is 0.264 e. The SMILES string of the molecule is Cc1c(C(=O)N(c2ccc(O)cc2)c2cnn(C)c2)cc(-c2cc3c(cc2C(=O)N2Cc4ccccc4C[C@H]2CN2CCOCC2)OCO3)n1CC(F)F. The molecule has 2 amide bonds. The minimum atomic E-state index is -2.77. The Morgan fingerprint density at radius 2 is 1.69 bits per heavy atom. The third-order valence-electron chi connectivity index (χ3n) is 10.4. The van der Waals surface area contributed by atoms with Crippen molar-refractivity contribution in [2.45, 2.75) is 38.9 Å². The van der Waals surface area contributed by atoms with Gasteiger partial charge in [-0.1, -0.05) is 24.3 Å². The fraction of sp³-hybridized carbons (Fsp3) is 0.325. The van der Waals surface area contributed by atoms with Crippen molar-refractivity contribution in [1.29, 1.82) is 0 Å². The van der Waals surface area contributed by atoms with Crippen LogP contribution in [0.2, 0.25) is 0 Å². The van der Waals surface area contributed by atoms with E-state index in [0.29, 0.717) is 61.2 Å². The zero-order valence-electron chi connectivity index (χ0n) is 30.0. The maximum atomic E-state index is 15.0. The molecule has 0 spiro atoms. The lowest BCUT2D eigenvalue weighted by atomic mass is 9.92. The number of hydrogen-bond acceptors (Lipinski definition) is 8. The Balaban J connectivity index is 1.24. The second-order valence-electron chi connectivity index (χ2n) is 13.8. The first-order valence-electron chi connectivity index (χ1n) is 17.9. The smallest absolute Gasteiger partial charge is 0.264 e. The molecule has 3 aromatic carbocycles. The number of rotatable bonds is 9. The van der Waals surface area contributed by atoms with Crippen LogP contribution in [-0.2, 0) is 31.3 Å². The number of phenolic OH excluding ortho intramolecular Hbond substituents is 1. The summed E-state index contributed by atoms with van der Waals surface area (Å²) in [6, 6.07) is 18.9. The van der Waals surface area contributed by atoms with E-state index in [2.05, 4.69) is 16.1 Å². The largest absolute Gasteiger partial charge is 0.508 e. The molecule has 2 aromatic heterocycles. The Labute approximate surface area is 310 Å². The van der Waals surface area contributed by atoms with Gasteiger partial charge in [-0.3, -0.25) is 24.1 Å². The zero-order valence-corrected chi connectivity index (χ0v) is 30.0. The molecule has 1 saturated heterocycles. The lowest BCUT2D eigenvalue weighted by molar-refractivity contribution is 0.0193. The second-order valence-corrected chi connectivity index (χ2v) is 13.8. The monoisotopic (exact) mass is 738 g/mol. The maximum absolute atomic E-state index is 15.0. The number of halogens is 2. The van der Waals surface area contributed by atoms with Gasteiger partial charge in [0.1, 0.15) is 5.75 Å². The Bertz CT molecular complexity index is 2200. The molecule has 54 heavy (non-hydrogen) atoms. The first-order chi connectivity index (χ1) is 26.1. The second kappa shape index (κ2) is 14.6. The molecule has 0 bridgehead atoms. The van der Waals surface area contributed by atoms with E-state index < -0.39 is 18.9 Å². The number of hydrogen-bond donors (Lipinski definition) is 1. The standard InChI is InChI=1S/C40H40F2N6O6/c1-25-32(40(51)48(30-19-43-44(2)21-30)28-7-9-31(49)10-8-28)16-35(46(25)23-38(41)42)33-17-36-37(54-24-53-36)18-34(33)39(50)47-20-27-6-4-3-5-26(27)15-29(47)22-45-11-13-52-14-12-45/h3-10,16-19,21,29,38,49H,11-15,20,22-24H2,1-2H3/t29-/m0/s1. The highest BCUT2D eigenvalue weighted by Crippen LogP contribution is 2.42. The Morgan fingerprint density at radius 3 is 2.39 bits per heavy atom. The number of alkyl halides is 2. The Morgan fingerprint density at radius 1 is 0.963 bits per heavy atom. The third kappa shape index (κ3) is 6.78. The van der Waals surface area contributed by atoms with Crippen LogP contribution in [0.3, 0.4) is 0 Å². The molecule has 1 atom stereocenters. The van der Waals surface area contributed by atoms with Crippen LogP contribution >= 0.6 is 0 Å². The summed E-state index contributed by atoms with van der Waals surface area (Å²) in [6.45, 7) is 4.60. The molecule has 0 saturated carbocycles. The van der Waals surface area contributed by atoms with E-state index in [1.165, 1.54) is 33.4 Å². The van der Waals surface area contributed by atoms with Gasteiger partial charge in [-0.05, 0) is 66.9 Å². The zero-order chi connectivity index (χ0) is 37.5. The summed E-state index contributed by atoms with van der Waals surface area (Å²) in [7, 11) is 1.72. The summed E-state index contributed by atoms with van der Waals surface area (Å²) in [5.74, 6) is -0.0332. The lowest BCUT2D eigenvalue weighted by Gasteiger charge is -2.40. The fourth-order valence-electron chi connectivity index (χ4n) is 7.64. The van der Waals surface area contributed by atoms with Gasteiger partial charge in [0.15, 0.2) is 11.5 Å². The number of morpholine rings is 1. The first kappa shape index (κ1) is 35.3. The summed E-state index contributed by atoms with van der Waals surface area (Å²) >= 11 is 0. The number of carbonyl (C=O) groups excluding carboxylic acids is 2. The van der Waals surface area contributed by atoms with Crippen molar-refractivity contribution in [3.8, 4) is 28.5 Å². The van der Waals surface area contributed by atoms with Crippen LogP contribution in [0.15, 0.2) is 79.1 Å². The van der Waals surface area contributed by atoms with Crippen molar-refractivity contribution in [1.82, 2.24) is 24.1 Å². The van der Waals surface area contributed by atoms with Crippen molar-refractivity contribution < 1.29 is 37.7 Å².